The van der Waals surface area contributed by atoms with Gasteiger partial charge in [-0.2, -0.15) is 5.10 Å². The Morgan fingerprint density at radius 3 is 2.64 bits per heavy atom. The van der Waals surface area contributed by atoms with Crippen LogP contribution in [0.15, 0.2) is 65.6 Å². The lowest BCUT2D eigenvalue weighted by atomic mass is 10.1. The molecular formula is C22H17N5O. The molecule has 0 aliphatic carbocycles. The Hall–Kier alpha value is -3.80. The first-order valence-corrected chi connectivity index (χ1v) is 9.02. The number of nitrogens with zero attached hydrogens (tertiary/aromatic N) is 4. The first kappa shape index (κ1) is 16.4. The molecule has 0 atom stereocenters. The van der Waals surface area contributed by atoms with Gasteiger partial charge in [-0.05, 0) is 50.2 Å². The molecule has 5 aromatic rings. The number of aromatic nitrogens is 5. The highest BCUT2D eigenvalue weighted by atomic mass is 16.1. The molecule has 0 radical (unpaired) electrons. The monoisotopic (exact) mass is 367 g/mol. The van der Waals surface area contributed by atoms with Gasteiger partial charge in [0.25, 0.3) is 0 Å². The zero-order valence-corrected chi connectivity index (χ0v) is 15.5. The summed E-state index contributed by atoms with van der Waals surface area (Å²) in [7, 11) is 0. The van der Waals surface area contributed by atoms with Gasteiger partial charge >= 0.3 is 0 Å². The molecule has 0 unspecified atom stereocenters. The highest BCUT2D eigenvalue weighted by Crippen LogP contribution is 2.28. The second kappa shape index (κ2) is 6.13. The predicted octanol–water partition coefficient (Wildman–Crippen LogP) is 3.94. The van der Waals surface area contributed by atoms with Crippen molar-refractivity contribution >= 4 is 21.8 Å². The Bertz CT molecular complexity index is 1410. The molecule has 2 aromatic carbocycles. The van der Waals surface area contributed by atoms with Gasteiger partial charge in [0.2, 0.25) is 0 Å². The number of pyridine rings is 2. The third kappa shape index (κ3) is 2.50. The van der Waals surface area contributed by atoms with Crippen LogP contribution in [0, 0.1) is 13.8 Å². The minimum atomic E-state index is 0.00810. The van der Waals surface area contributed by atoms with Crippen molar-refractivity contribution < 1.29 is 0 Å². The summed E-state index contributed by atoms with van der Waals surface area (Å²) >= 11 is 0. The van der Waals surface area contributed by atoms with E-state index in [0.29, 0.717) is 22.4 Å². The van der Waals surface area contributed by atoms with E-state index in [2.05, 4.69) is 20.1 Å². The number of aromatic amines is 1. The number of nitrogens with one attached hydrogen (secondary N) is 1. The van der Waals surface area contributed by atoms with Crippen LogP contribution in [0.5, 0.6) is 0 Å². The van der Waals surface area contributed by atoms with Crippen LogP contribution in [0.25, 0.3) is 38.9 Å². The van der Waals surface area contributed by atoms with Gasteiger partial charge in [0.05, 0.1) is 11.2 Å². The van der Waals surface area contributed by atoms with E-state index in [-0.39, 0.29) is 5.43 Å². The summed E-state index contributed by atoms with van der Waals surface area (Å²) < 4.78 is 1.80. The van der Waals surface area contributed by atoms with Crippen molar-refractivity contribution in [3.8, 4) is 17.1 Å². The van der Waals surface area contributed by atoms with Crippen LogP contribution < -0.4 is 5.43 Å². The lowest BCUT2D eigenvalue weighted by molar-refractivity contribution is 0.864. The van der Waals surface area contributed by atoms with E-state index < -0.39 is 0 Å². The highest BCUT2D eigenvalue weighted by molar-refractivity contribution is 5.99. The summed E-state index contributed by atoms with van der Waals surface area (Å²) in [6.07, 6.45) is 1.75. The largest absolute Gasteiger partial charge is 0.354 e. The first-order chi connectivity index (χ1) is 13.6. The van der Waals surface area contributed by atoms with Gasteiger partial charge in [-0.15, -0.1) is 0 Å². The van der Waals surface area contributed by atoms with Crippen molar-refractivity contribution in [3.05, 3.63) is 82.5 Å². The summed E-state index contributed by atoms with van der Waals surface area (Å²) in [6, 6.07) is 17.1. The van der Waals surface area contributed by atoms with Crippen molar-refractivity contribution in [2.24, 2.45) is 0 Å². The molecule has 0 saturated carbocycles. The second-order valence-electron chi connectivity index (χ2n) is 6.78. The molecule has 6 heteroatoms. The summed E-state index contributed by atoms with van der Waals surface area (Å²) in [4.78, 5) is 25.3. The van der Waals surface area contributed by atoms with E-state index in [1.807, 2.05) is 68.4 Å². The third-order valence-electron chi connectivity index (χ3n) is 4.82. The number of hydrogen-bond donors (Lipinski definition) is 1. The summed E-state index contributed by atoms with van der Waals surface area (Å²) in [6.45, 7) is 3.80. The average Bonchev–Trinajstić information content (AvgIpc) is 3.09. The number of benzene rings is 2. The molecule has 0 bridgehead atoms. The topological polar surface area (TPSA) is 76.5 Å². The summed E-state index contributed by atoms with van der Waals surface area (Å²) in [5.74, 6) is 1.34. The third-order valence-corrected chi connectivity index (χ3v) is 4.82. The van der Waals surface area contributed by atoms with E-state index in [4.69, 9.17) is 0 Å². The van der Waals surface area contributed by atoms with Gasteiger partial charge in [0.15, 0.2) is 11.3 Å². The molecule has 6 nitrogen and oxygen atoms in total. The predicted molar refractivity (Wildman–Crippen MR) is 110 cm³/mol. The van der Waals surface area contributed by atoms with Gasteiger partial charge < -0.3 is 4.98 Å². The Morgan fingerprint density at radius 1 is 0.964 bits per heavy atom. The molecule has 0 aliphatic rings. The minimum absolute atomic E-state index is 0.00810. The van der Waals surface area contributed by atoms with E-state index >= 15 is 0 Å². The Balaban J connectivity index is 1.85. The smallest absolute Gasteiger partial charge is 0.197 e. The van der Waals surface area contributed by atoms with E-state index in [9.17, 15) is 4.79 Å². The molecule has 5 rings (SSSR count). The highest BCUT2D eigenvalue weighted by Gasteiger charge is 2.17. The van der Waals surface area contributed by atoms with Crippen LogP contribution in [0.3, 0.4) is 0 Å². The fourth-order valence-electron chi connectivity index (χ4n) is 3.56. The average molecular weight is 367 g/mol. The number of rotatable bonds is 2. The van der Waals surface area contributed by atoms with Gasteiger partial charge in [-0.1, -0.05) is 18.2 Å². The van der Waals surface area contributed by atoms with E-state index in [1.165, 1.54) is 0 Å². The maximum atomic E-state index is 13.0. The van der Waals surface area contributed by atoms with Crippen LogP contribution in [0.1, 0.15) is 11.5 Å². The fourth-order valence-corrected chi connectivity index (χ4v) is 3.56. The quantitative estimate of drug-likeness (QED) is 0.480. The van der Waals surface area contributed by atoms with Crippen molar-refractivity contribution in [1.82, 2.24) is 24.7 Å². The molecular weight excluding hydrogens is 350 g/mol. The molecule has 1 N–H and O–H groups in total. The first-order valence-electron chi connectivity index (χ1n) is 9.02. The molecule has 0 saturated heterocycles. The van der Waals surface area contributed by atoms with Crippen molar-refractivity contribution in [2.45, 2.75) is 13.8 Å². The second-order valence-corrected chi connectivity index (χ2v) is 6.78. The Kier molecular flexibility index (Phi) is 3.58. The van der Waals surface area contributed by atoms with Crippen LogP contribution in [-0.2, 0) is 0 Å². The normalized spacial score (nSPS) is 11.4. The van der Waals surface area contributed by atoms with E-state index in [1.54, 1.807) is 10.9 Å². The summed E-state index contributed by atoms with van der Waals surface area (Å²) in [5.41, 5.74) is 4.17. The van der Waals surface area contributed by atoms with Crippen molar-refractivity contribution in [1.29, 1.82) is 0 Å². The van der Waals surface area contributed by atoms with Gasteiger partial charge in [0.1, 0.15) is 5.82 Å². The maximum Gasteiger partial charge on any atom is 0.197 e. The molecule has 136 valence electrons. The molecule has 28 heavy (non-hydrogen) atoms. The lowest BCUT2D eigenvalue weighted by Gasteiger charge is -2.10. The van der Waals surface area contributed by atoms with Crippen LogP contribution in [0.4, 0.5) is 0 Å². The Labute approximate surface area is 160 Å². The van der Waals surface area contributed by atoms with Crippen molar-refractivity contribution in [2.75, 3.05) is 0 Å². The molecule has 0 spiro atoms. The van der Waals surface area contributed by atoms with E-state index in [0.717, 1.165) is 28.0 Å². The molecule has 3 heterocycles. The SMILES string of the molecule is Cc1cc(-n2nc(C)nc2-c2cccc3c(=O)c4ccccc4[nH]c23)ccn1. The number of fused-ring (bicyclic) bond motifs is 2. The zero-order chi connectivity index (χ0) is 19.3. The fraction of sp³-hybridized carbons (Fsp3) is 0.0909. The molecule has 0 aliphatic heterocycles. The van der Waals surface area contributed by atoms with Crippen LogP contribution in [0.2, 0.25) is 0 Å². The number of aryl methyl sites for hydroxylation is 2. The van der Waals surface area contributed by atoms with Gasteiger partial charge in [0, 0.05) is 33.7 Å². The van der Waals surface area contributed by atoms with Gasteiger partial charge in [-0.25, -0.2) is 9.67 Å². The number of para-hydroxylation sites is 2. The standard InChI is InChI=1S/C22H17N5O/c1-13-12-15(10-11-23-13)27-22(24-14(2)26-27)18-8-5-7-17-20(18)25-19-9-4-3-6-16(19)21(17)28/h3-12H,1-2H3,(H,25,28). The molecule has 0 amide bonds. The van der Waals surface area contributed by atoms with Crippen LogP contribution >= 0.6 is 0 Å². The summed E-state index contributed by atoms with van der Waals surface area (Å²) in [5, 5.41) is 5.88. The van der Waals surface area contributed by atoms with Crippen LogP contribution in [-0.4, -0.2) is 24.7 Å². The Morgan fingerprint density at radius 2 is 1.79 bits per heavy atom. The molecule has 0 fully saturated rings. The minimum Gasteiger partial charge on any atom is -0.354 e. The van der Waals surface area contributed by atoms with Gasteiger partial charge in [-0.3, -0.25) is 9.78 Å². The lowest BCUT2D eigenvalue weighted by Crippen LogP contribution is -2.06. The molecule has 3 aromatic heterocycles. The maximum absolute atomic E-state index is 13.0. The zero-order valence-electron chi connectivity index (χ0n) is 15.5. The van der Waals surface area contributed by atoms with Crippen molar-refractivity contribution in [3.63, 3.8) is 0 Å². The number of hydrogen-bond acceptors (Lipinski definition) is 4. The number of H-pyrrole nitrogens is 1.